The molecule has 0 aliphatic heterocycles. The molecule has 4 nitrogen and oxygen atoms in total. The Kier molecular flexibility index (Phi) is 5.27. The van der Waals surface area contributed by atoms with Crippen LogP contribution in [0.4, 0.5) is 15.8 Å². The number of aromatic nitrogens is 1. The molecule has 0 radical (unpaired) electrons. The fraction of sp³-hybridized carbons (Fsp3) is 0.200. The SMILES string of the molecule is CCCNc1cnccc1C(=O)Nc1cc(Br)ccc1F. The summed E-state index contributed by atoms with van der Waals surface area (Å²) >= 11 is 3.25. The summed E-state index contributed by atoms with van der Waals surface area (Å²) in [5, 5.41) is 5.70. The number of hydrogen-bond donors (Lipinski definition) is 2. The monoisotopic (exact) mass is 351 g/mol. The smallest absolute Gasteiger partial charge is 0.257 e. The van der Waals surface area contributed by atoms with E-state index in [0.29, 0.717) is 15.7 Å². The largest absolute Gasteiger partial charge is 0.383 e. The fourth-order valence-electron chi connectivity index (χ4n) is 1.78. The molecule has 0 aliphatic rings. The van der Waals surface area contributed by atoms with E-state index in [1.807, 2.05) is 6.92 Å². The van der Waals surface area contributed by atoms with Crippen molar-refractivity contribution in [3.8, 4) is 0 Å². The van der Waals surface area contributed by atoms with E-state index in [0.717, 1.165) is 13.0 Å². The predicted octanol–water partition coefficient (Wildman–Crippen LogP) is 4.06. The molecule has 1 aromatic heterocycles. The minimum absolute atomic E-state index is 0.132. The number of anilines is 2. The number of nitrogens with zero attached hydrogens (tertiary/aromatic N) is 1. The average molecular weight is 352 g/mol. The molecule has 2 N–H and O–H groups in total. The Hall–Kier alpha value is -1.95. The van der Waals surface area contributed by atoms with Crippen LogP contribution in [0.25, 0.3) is 0 Å². The lowest BCUT2D eigenvalue weighted by Crippen LogP contribution is -2.16. The quantitative estimate of drug-likeness (QED) is 0.853. The summed E-state index contributed by atoms with van der Waals surface area (Å²) in [6.45, 7) is 2.76. The number of carbonyl (C=O) groups is 1. The third-order valence-electron chi connectivity index (χ3n) is 2.81. The van der Waals surface area contributed by atoms with Gasteiger partial charge in [0, 0.05) is 17.2 Å². The number of halogens is 2. The first-order valence-electron chi connectivity index (χ1n) is 6.56. The van der Waals surface area contributed by atoms with E-state index >= 15 is 0 Å². The summed E-state index contributed by atoms with van der Waals surface area (Å²) in [5.74, 6) is -0.864. The zero-order valence-corrected chi connectivity index (χ0v) is 13.1. The number of nitrogens with one attached hydrogen (secondary N) is 2. The molecule has 1 heterocycles. The Labute approximate surface area is 130 Å². The standard InChI is InChI=1S/C15H15BrFN3O/c1-2-6-19-14-9-18-7-5-11(14)15(21)20-13-8-10(16)3-4-12(13)17/h3-5,7-9,19H,2,6H2,1H3,(H,20,21). The summed E-state index contributed by atoms with van der Waals surface area (Å²) in [6, 6.07) is 5.99. The van der Waals surface area contributed by atoms with Crippen LogP contribution in [0.3, 0.4) is 0 Å². The van der Waals surface area contributed by atoms with Crippen molar-refractivity contribution in [3.05, 3.63) is 52.5 Å². The molecule has 0 fully saturated rings. The van der Waals surface area contributed by atoms with Crippen molar-refractivity contribution in [2.24, 2.45) is 0 Å². The molecule has 0 aliphatic carbocycles. The van der Waals surface area contributed by atoms with E-state index in [2.05, 4.69) is 31.5 Å². The molecule has 21 heavy (non-hydrogen) atoms. The summed E-state index contributed by atoms with van der Waals surface area (Å²) in [6.07, 6.45) is 4.04. The van der Waals surface area contributed by atoms with Gasteiger partial charge < -0.3 is 10.6 Å². The van der Waals surface area contributed by atoms with Crippen LogP contribution in [0.15, 0.2) is 41.1 Å². The van der Waals surface area contributed by atoms with Crippen LogP contribution >= 0.6 is 15.9 Å². The van der Waals surface area contributed by atoms with Gasteiger partial charge in [0.15, 0.2) is 0 Å². The van der Waals surface area contributed by atoms with E-state index in [-0.39, 0.29) is 11.6 Å². The minimum atomic E-state index is -0.483. The molecule has 1 aromatic carbocycles. The molecule has 0 saturated carbocycles. The molecule has 2 aromatic rings. The van der Waals surface area contributed by atoms with Crippen LogP contribution in [0.2, 0.25) is 0 Å². The maximum absolute atomic E-state index is 13.7. The number of carbonyl (C=O) groups excluding carboxylic acids is 1. The van der Waals surface area contributed by atoms with Gasteiger partial charge in [-0.05, 0) is 30.7 Å². The first-order valence-corrected chi connectivity index (χ1v) is 7.35. The molecule has 0 spiro atoms. The molecule has 0 saturated heterocycles. The topological polar surface area (TPSA) is 54.0 Å². The molecular formula is C15H15BrFN3O. The normalized spacial score (nSPS) is 10.2. The van der Waals surface area contributed by atoms with Crippen molar-refractivity contribution in [1.82, 2.24) is 4.98 Å². The van der Waals surface area contributed by atoms with Crippen molar-refractivity contribution < 1.29 is 9.18 Å². The molecule has 6 heteroatoms. The van der Waals surface area contributed by atoms with Gasteiger partial charge in [-0.2, -0.15) is 0 Å². The summed E-state index contributed by atoms with van der Waals surface area (Å²) in [5.41, 5.74) is 1.19. The highest BCUT2D eigenvalue weighted by molar-refractivity contribution is 9.10. The molecule has 110 valence electrons. The third-order valence-corrected chi connectivity index (χ3v) is 3.30. The van der Waals surface area contributed by atoms with E-state index in [1.54, 1.807) is 18.3 Å². The van der Waals surface area contributed by atoms with Crippen molar-refractivity contribution in [2.45, 2.75) is 13.3 Å². The average Bonchev–Trinajstić information content (AvgIpc) is 2.49. The van der Waals surface area contributed by atoms with Gasteiger partial charge in [-0.3, -0.25) is 9.78 Å². The van der Waals surface area contributed by atoms with Crippen molar-refractivity contribution >= 4 is 33.2 Å². The van der Waals surface area contributed by atoms with Gasteiger partial charge in [-0.25, -0.2) is 4.39 Å². The van der Waals surface area contributed by atoms with E-state index in [4.69, 9.17) is 0 Å². The van der Waals surface area contributed by atoms with Crippen LogP contribution < -0.4 is 10.6 Å². The number of rotatable bonds is 5. The Morgan fingerprint density at radius 2 is 2.14 bits per heavy atom. The third kappa shape index (κ3) is 4.01. The molecular weight excluding hydrogens is 337 g/mol. The number of benzene rings is 1. The van der Waals surface area contributed by atoms with Gasteiger partial charge in [-0.1, -0.05) is 22.9 Å². The molecule has 1 amide bonds. The van der Waals surface area contributed by atoms with Gasteiger partial charge in [0.1, 0.15) is 5.82 Å². The Morgan fingerprint density at radius 3 is 2.90 bits per heavy atom. The molecule has 0 atom stereocenters. The summed E-state index contributed by atoms with van der Waals surface area (Å²) < 4.78 is 14.4. The second-order valence-corrected chi connectivity index (χ2v) is 5.34. The van der Waals surface area contributed by atoms with Gasteiger partial charge in [0.25, 0.3) is 5.91 Å². The van der Waals surface area contributed by atoms with Gasteiger partial charge in [0.05, 0.1) is 23.1 Å². The lowest BCUT2D eigenvalue weighted by molar-refractivity contribution is 0.102. The molecule has 0 bridgehead atoms. The highest BCUT2D eigenvalue weighted by Gasteiger charge is 2.13. The Balaban J connectivity index is 2.22. The first-order chi connectivity index (χ1) is 10.1. The van der Waals surface area contributed by atoms with Crippen molar-refractivity contribution in [1.29, 1.82) is 0 Å². The van der Waals surface area contributed by atoms with E-state index in [1.165, 1.54) is 18.3 Å². The van der Waals surface area contributed by atoms with Gasteiger partial charge >= 0.3 is 0 Å². The van der Waals surface area contributed by atoms with E-state index in [9.17, 15) is 9.18 Å². The highest BCUT2D eigenvalue weighted by Crippen LogP contribution is 2.22. The lowest BCUT2D eigenvalue weighted by Gasteiger charge is -2.11. The van der Waals surface area contributed by atoms with Crippen LogP contribution in [0, 0.1) is 5.82 Å². The second kappa shape index (κ2) is 7.17. The van der Waals surface area contributed by atoms with E-state index < -0.39 is 5.82 Å². The Bertz CT molecular complexity index is 649. The highest BCUT2D eigenvalue weighted by atomic mass is 79.9. The van der Waals surface area contributed by atoms with Crippen molar-refractivity contribution in [3.63, 3.8) is 0 Å². The summed E-state index contributed by atoms with van der Waals surface area (Å²) in [7, 11) is 0. The maximum Gasteiger partial charge on any atom is 0.257 e. The van der Waals surface area contributed by atoms with Crippen LogP contribution in [-0.4, -0.2) is 17.4 Å². The van der Waals surface area contributed by atoms with Crippen LogP contribution in [0.1, 0.15) is 23.7 Å². The second-order valence-electron chi connectivity index (χ2n) is 4.43. The van der Waals surface area contributed by atoms with Gasteiger partial charge in [-0.15, -0.1) is 0 Å². The number of hydrogen-bond acceptors (Lipinski definition) is 3. The maximum atomic E-state index is 13.7. The lowest BCUT2D eigenvalue weighted by atomic mass is 10.2. The van der Waals surface area contributed by atoms with Gasteiger partial charge in [0.2, 0.25) is 0 Å². The number of pyridine rings is 1. The summed E-state index contributed by atoms with van der Waals surface area (Å²) in [4.78, 5) is 16.3. The van der Waals surface area contributed by atoms with Crippen LogP contribution in [-0.2, 0) is 0 Å². The Morgan fingerprint density at radius 1 is 1.33 bits per heavy atom. The molecule has 0 unspecified atom stereocenters. The fourth-order valence-corrected chi connectivity index (χ4v) is 2.14. The zero-order valence-electron chi connectivity index (χ0n) is 11.5. The first kappa shape index (κ1) is 15.4. The minimum Gasteiger partial charge on any atom is -0.383 e. The van der Waals surface area contributed by atoms with Crippen LogP contribution in [0.5, 0.6) is 0 Å². The number of amides is 1. The zero-order chi connectivity index (χ0) is 15.2. The van der Waals surface area contributed by atoms with Crippen molar-refractivity contribution in [2.75, 3.05) is 17.2 Å². The predicted molar refractivity (Wildman–Crippen MR) is 85.1 cm³/mol. The molecule has 2 rings (SSSR count).